The molecule has 3 aliphatic rings. The Balaban J connectivity index is 1.26. The maximum atomic E-state index is 13.3. The van der Waals surface area contributed by atoms with Crippen LogP contribution in [-0.2, 0) is 0 Å². The number of aromatic nitrogens is 2. The van der Waals surface area contributed by atoms with Crippen LogP contribution in [0.5, 0.6) is 5.75 Å². The Bertz CT molecular complexity index is 910. The molecule has 152 valence electrons. The van der Waals surface area contributed by atoms with E-state index in [0.29, 0.717) is 36.4 Å². The predicted molar refractivity (Wildman–Crippen MR) is 112 cm³/mol. The van der Waals surface area contributed by atoms with Gasteiger partial charge in [-0.2, -0.15) is 0 Å². The van der Waals surface area contributed by atoms with Gasteiger partial charge in [0.1, 0.15) is 12.4 Å². The van der Waals surface area contributed by atoms with E-state index in [4.69, 9.17) is 16.3 Å². The van der Waals surface area contributed by atoms with Crippen LogP contribution in [0.2, 0.25) is 5.02 Å². The topological polar surface area (TPSA) is 61.8 Å². The first-order chi connectivity index (χ1) is 14.1. The third kappa shape index (κ3) is 3.59. The summed E-state index contributed by atoms with van der Waals surface area (Å²) < 4.78 is 5.77. The number of hydrogen-bond acceptors (Lipinski definition) is 5. The highest BCUT2D eigenvalue weighted by molar-refractivity contribution is 6.30. The van der Waals surface area contributed by atoms with Crippen molar-refractivity contribution in [3.05, 3.63) is 41.2 Å². The van der Waals surface area contributed by atoms with E-state index in [1.807, 2.05) is 35.2 Å². The summed E-state index contributed by atoms with van der Waals surface area (Å²) in [7, 11) is 0. The van der Waals surface area contributed by atoms with E-state index in [1.54, 1.807) is 12.1 Å². The average Bonchev–Trinajstić information content (AvgIpc) is 3.59. The first-order valence-electron chi connectivity index (χ1n) is 10.2. The summed E-state index contributed by atoms with van der Waals surface area (Å²) in [6.07, 6.45) is 6.40. The molecule has 1 atom stereocenters. The highest BCUT2D eigenvalue weighted by Crippen LogP contribution is 2.39. The maximum absolute atomic E-state index is 13.3. The van der Waals surface area contributed by atoms with Crippen LogP contribution in [0.1, 0.15) is 31.2 Å². The van der Waals surface area contributed by atoms with Gasteiger partial charge in [0.05, 0.1) is 11.7 Å². The molecular formula is C21H24ClN5O2. The van der Waals surface area contributed by atoms with Crippen molar-refractivity contribution in [2.75, 3.05) is 42.6 Å². The summed E-state index contributed by atoms with van der Waals surface area (Å²) in [5.41, 5.74) is 2.02. The molecule has 0 radical (unpaired) electrons. The molecule has 0 bridgehead atoms. The zero-order valence-corrected chi connectivity index (χ0v) is 17.2. The Morgan fingerprint density at radius 3 is 2.55 bits per heavy atom. The molecule has 1 saturated carbocycles. The normalized spacial score (nSPS) is 21.6. The summed E-state index contributed by atoms with van der Waals surface area (Å²) >= 11 is 6.08. The number of carbonyl (C=O) groups is 1. The fourth-order valence-electron chi connectivity index (χ4n) is 3.99. The van der Waals surface area contributed by atoms with Crippen molar-refractivity contribution < 1.29 is 9.53 Å². The molecule has 1 saturated heterocycles. The molecule has 8 heteroatoms. The van der Waals surface area contributed by atoms with Gasteiger partial charge >= 0.3 is 6.03 Å². The van der Waals surface area contributed by atoms with E-state index in [0.717, 1.165) is 24.7 Å². The molecule has 2 aromatic rings. The van der Waals surface area contributed by atoms with Gasteiger partial charge in [-0.3, -0.25) is 4.90 Å². The van der Waals surface area contributed by atoms with Crippen LogP contribution in [0.25, 0.3) is 0 Å². The van der Waals surface area contributed by atoms with E-state index >= 15 is 0 Å². The number of nitrogens with zero attached hydrogens (tertiary/aromatic N) is 5. The minimum atomic E-state index is -0.0347. The van der Waals surface area contributed by atoms with Crippen LogP contribution < -0.4 is 14.5 Å². The molecule has 7 nitrogen and oxygen atoms in total. The SMILES string of the molecule is CC1COc2cc(Cl)ccc2N1C(=O)N1CCN(c2ncc(C3CC3)cn2)CC1. The van der Waals surface area contributed by atoms with E-state index in [9.17, 15) is 4.79 Å². The molecule has 2 amide bonds. The van der Waals surface area contributed by atoms with Gasteiger partial charge in [0.15, 0.2) is 0 Å². The molecule has 0 spiro atoms. The minimum Gasteiger partial charge on any atom is -0.489 e. The van der Waals surface area contributed by atoms with Crippen molar-refractivity contribution in [3.8, 4) is 5.75 Å². The monoisotopic (exact) mass is 413 g/mol. The number of amides is 2. The molecule has 1 aliphatic carbocycles. The fourth-order valence-corrected chi connectivity index (χ4v) is 4.15. The fraction of sp³-hybridized carbons (Fsp3) is 0.476. The number of halogens is 1. The van der Waals surface area contributed by atoms with Crippen LogP contribution >= 0.6 is 11.6 Å². The standard InChI is InChI=1S/C21H24ClN5O2/c1-14-13-29-19-10-17(22)4-5-18(19)27(14)21(28)26-8-6-25(7-9-26)20-23-11-16(12-24-20)15-2-3-15/h4-5,10-12,14-15H,2-3,6-9,13H2,1H3. The van der Waals surface area contributed by atoms with Crippen LogP contribution in [-0.4, -0.2) is 59.7 Å². The third-order valence-corrected chi connectivity index (χ3v) is 6.08. The largest absolute Gasteiger partial charge is 0.489 e. The summed E-state index contributed by atoms with van der Waals surface area (Å²) in [6, 6.07) is 5.39. The third-order valence-electron chi connectivity index (χ3n) is 5.85. The quantitative estimate of drug-likeness (QED) is 0.753. The van der Waals surface area contributed by atoms with Gasteiger partial charge in [-0.05, 0) is 43.4 Å². The van der Waals surface area contributed by atoms with Crippen LogP contribution in [0.4, 0.5) is 16.4 Å². The maximum Gasteiger partial charge on any atom is 0.325 e. The molecule has 5 rings (SSSR count). The number of ether oxygens (including phenoxy) is 1. The van der Waals surface area contributed by atoms with Gasteiger partial charge in [-0.25, -0.2) is 14.8 Å². The van der Waals surface area contributed by atoms with Gasteiger partial charge in [-0.15, -0.1) is 0 Å². The molecule has 1 unspecified atom stereocenters. The van der Waals surface area contributed by atoms with Gasteiger partial charge < -0.3 is 14.5 Å². The van der Waals surface area contributed by atoms with Crippen molar-refractivity contribution in [2.24, 2.45) is 0 Å². The van der Waals surface area contributed by atoms with E-state index in [2.05, 4.69) is 14.9 Å². The lowest BCUT2D eigenvalue weighted by Gasteiger charge is -2.41. The van der Waals surface area contributed by atoms with Crippen molar-refractivity contribution in [1.82, 2.24) is 14.9 Å². The second-order valence-electron chi connectivity index (χ2n) is 7.99. The number of hydrogen-bond donors (Lipinski definition) is 0. The van der Waals surface area contributed by atoms with Crippen molar-refractivity contribution in [3.63, 3.8) is 0 Å². The first-order valence-corrected chi connectivity index (χ1v) is 10.6. The lowest BCUT2D eigenvalue weighted by molar-refractivity contribution is 0.190. The van der Waals surface area contributed by atoms with Crippen molar-refractivity contribution in [2.45, 2.75) is 31.7 Å². The van der Waals surface area contributed by atoms with Crippen molar-refractivity contribution in [1.29, 1.82) is 0 Å². The second kappa shape index (κ2) is 7.37. The highest BCUT2D eigenvalue weighted by atomic mass is 35.5. The average molecular weight is 414 g/mol. The molecule has 1 aromatic carbocycles. The number of urea groups is 1. The number of anilines is 2. The molecule has 3 heterocycles. The number of carbonyl (C=O) groups excluding carboxylic acids is 1. The zero-order valence-electron chi connectivity index (χ0n) is 16.4. The Kier molecular flexibility index (Phi) is 4.70. The molecule has 2 fully saturated rings. The molecule has 2 aliphatic heterocycles. The lowest BCUT2D eigenvalue weighted by atomic mass is 10.1. The number of piperazine rings is 1. The Morgan fingerprint density at radius 2 is 1.86 bits per heavy atom. The van der Waals surface area contributed by atoms with Crippen LogP contribution in [0, 0.1) is 0 Å². The predicted octanol–water partition coefficient (Wildman–Crippen LogP) is 3.54. The van der Waals surface area contributed by atoms with Crippen molar-refractivity contribution >= 4 is 29.3 Å². The van der Waals surface area contributed by atoms with Gasteiger partial charge in [0.25, 0.3) is 0 Å². The zero-order chi connectivity index (χ0) is 20.0. The van der Waals surface area contributed by atoms with Crippen LogP contribution in [0.15, 0.2) is 30.6 Å². The van der Waals surface area contributed by atoms with Gasteiger partial charge in [0, 0.05) is 49.7 Å². The summed E-state index contributed by atoms with van der Waals surface area (Å²) in [4.78, 5) is 28.3. The molecule has 0 N–H and O–H groups in total. The van der Waals surface area contributed by atoms with Gasteiger partial charge in [-0.1, -0.05) is 11.6 Å². The Morgan fingerprint density at radius 1 is 1.14 bits per heavy atom. The Labute approximate surface area is 175 Å². The summed E-state index contributed by atoms with van der Waals surface area (Å²) in [5.74, 6) is 2.07. The Hall–Kier alpha value is -2.54. The van der Waals surface area contributed by atoms with E-state index < -0.39 is 0 Å². The van der Waals surface area contributed by atoms with Crippen LogP contribution in [0.3, 0.4) is 0 Å². The minimum absolute atomic E-state index is 0.00835. The summed E-state index contributed by atoms with van der Waals surface area (Å²) in [5, 5.41) is 0.604. The number of fused-ring (bicyclic) bond motifs is 1. The number of rotatable bonds is 2. The smallest absolute Gasteiger partial charge is 0.325 e. The number of benzene rings is 1. The van der Waals surface area contributed by atoms with E-state index in [1.165, 1.54) is 18.4 Å². The van der Waals surface area contributed by atoms with Gasteiger partial charge in [0.2, 0.25) is 5.95 Å². The molecule has 29 heavy (non-hydrogen) atoms. The summed E-state index contributed by atoms with van der Waals surface area (Å²) in [6.45, 7) is 5.18. The lowest BCUT2D eigenvalue weighted by Crippen LogP contribution is -2.56. The first kappa shape index (κ1) is 18.5. The molecule has 1 aromatic heterocycles. The second-order valence-corrected chi connectivity index (χ2v) is 8.43. The molecular weight excluding hydrogens is 390 g/mol. The highest BCUT2D eigenvalue weighted by Gasteiger charge is 2.34. The van der Waals surface area contributed by atoms with E-state index in [-0.39, 0.29) is 12.1 Å².